The number of hydrogen-bond acceptors (Lipinski definition) is 7. The number of ether oxygens (including phenoxy) is 2. The van der Waals surface area contributed by atoms with E-state index in [0.29, 0.717) is 12.8 Å². The molecule has 0 heterocycles. The Bertz CT molecular complexity index is 727. The second kappa shape index (κ2) is 30.8. The Labute approximate surface area is 263 Å². The maximum absolute atomic E-state index is 12.4. The van der Waals surface area contributed by atoms with E-state index in [4.69, 9.17) is 18.5 Å². The standard InChI is InChI=1S/C34H65O8P/c1-4-7-9-11-13-15-17-18-19-21-23-25-27-29-34(36)42-32(31-41-43(37,38)40-6-3)30-39-33(35)28-26-24-22-20-16-14-12-10-8-5-2/h15,17,32H,4-14,16,18-31H2,1-3H3,(H,37,38)/b17-15-. The minimum absolute atomic E-state index is 0.00140. The third-order valence-corrected chi connectivity index (χ3v) is 8.38. The van der Waals surface area contributed by atoms with E-state index in [2.05, 4.69) is 26.0 Å². The molecule has 0 radical (unpaired) electrons. The van der Waals surface area contributed by atoms with E-state index in [-0.39, 0.29) is 25.6 Å². The average Bonchev–Trinajstić information content (AvgIpc) is 2.97. The van der Waals surface area contributed by atoms with Crippen LogP contribution in [0.2, 0.25) is 0 Å². The molecular formula is C34H65O8P. The first kappa shape index (κ1) is 41.8. The number of carbonyl (C=O) groups excluding carboxylic acids is 2. The second-order valence-electron chi connectivity index (χ2n) is 11.5. The van der Waals surface area contributed by atoms with Crippen molar-refractivity contribution >= 4 is 19.8 Å². The van der Waals surface area contributed by atoms with Gasteiger partial charge in [0.05, 0.1) is 13.2 Å². The van der Waals surface area contributed by atoms with Crippen LogP contribution in [0.5, 0.6) is 0 Å². The Morgan fingerprint density at radius 2 is 1.05 bits per heavy atom. The molecule has 0 aliphatic carbocycles. The average molecular weight is 633 g/mol. The van der Waals surface area contributed by atoms with Crippen LogP contribution in [0.3, 0.4) is 0 Å². The SMILES string of the molecule is CCCCCC/C=C\CCCCCCCC(=O)OC(COC(=O)CCCCCCCCCCCC)COP(=O)(O)OCC. The van der Waals surface area contributed by atoms with Gasteiger partial charge in [0.1, 0.15) is 6.61 Å². The molecule has 0 amide bonds. The van der Waals surface area contributed by atoms with Gasteiger partial charge in [-0.15, -0.1) is 0 Å². The minimum Gasteiger partial charge on any atom is -0.462 e. The lowest BCUT2D eigenvalue weighted by molar-refractivity contribution is -0.161. The Kier molecular flexibility index (Phi) is 29.9. The Hall–Kier alpha value is -1.21. The fraction of sp³-hybridized carbons (Fsp3) is 0.882. The summed E-state index contributed by atoms with van der Waals surface area (Å²) < 4.78 is 32.4. The van der Waals surface area contributed by atoms with Crippen LogP contribution < -0.4 is 0 Å². The molecule has 0 aromatic rings. The smallest absolute Gasteiger partial charge is 0.462 e. The Morgan fingerprint density at radius 1 is 0.605 bits per heavy atom. The summed E-state index contributed by atoms with van der Waals surface area (Å²) in [4.78, 5) is 34.4. The van der Waals surface area contributed by atoms with Crippen molar-refractivity contribution in [2.45, 2.75) is 175 Å². The number of phosphoric acid groups is 1. The predicted molar refractivity (Wildman–Crippen MR) is 175 cm³/mol. The molecule has 0 spiro atoms. The zero-order valence-electron chi connectivity index (χ0n) is 27.9. The van der Waals surface area contributed by atoms with Gasteiger partial charge in [0.15, 0.2) is 6.10 Å². The molecule has 0 aromatic carbocycles. The molecule has 8 nitrogen and oxygen atoms in total. The van der Waals surface area contributed by atoms with Gasteiger partial charge in [-0.2, -0.15) is 0 Å². The number of phosphoric ester groups is 1. The molecule has 0 fully saturated rings. The quantitative estimate of drug-likeness (QED) is 0.0338. The maximum Gasteiger partial charge on any atom is 0.472 e. The highest BCUT2D eigenvalue weighted by Crippen LogP contribution is 2.43. The summed E-state index contributed by atoms with van der Waals surface area (Å²) in [6.45, 7) is 5.42. The first-order valence-electron chi connectivity index (χ1n) is 17.5. The molecule has 2 unspecified atom stereocenters. The highest BCUT2D eigenvalue weighted by Gasteiger charge is 2.25. The second-order valence-corrected chi connectivity index (χ2v) is 13.0. The van der Waals surface area contributed by atoms with Crippen molar-refractivity contribution < 1.29 is 37.6 Å². The molecule has 254 valence electrons. The summed E-state index contributed by atoms with van der Waals surface area (Å²) in [7, 11) is -4.26. The van der Waals surface area contributed by atoms with Gasteiger partial charge in [-0.05, 0) is 45.4 Å². The molecule has 0 saturated heterocycles. The van der Waals surface area contributed by atoms with Crippen molar-refractivity contribution in [3.05, 3.63) is 12.2 Å². The van der Waals surface area contributed by atoms with Crippen molar-refractivity contribution in [2.75, 3.05) is 19.8 Å². The molecule has 0 bridgehead atoms. The van der Waals surface area contributed by atoms with Crippen LogP contribution >= 0.6 is 7.82 Å². The van der Waals surface area contributed by atoms with E-state index in [9.17, 15) is 19.0 Å². The van der Waals surface area contributed by atoms with E-state index in [1.54, 1.807) is 6.92 Å². The van der Waals surface area contributed by atoms with Crippen LogP contribution in [-0.4, -0.2) is 42.8 Å². The van der Waals surface area contributed by atoms with Gasteiger partial charge >= 0.3 is 19.8 Å². The Morgan fingerprint density at radius 3 is 1.56 bits per heavy atom. The van der Waals surface area contributed by atoms with E-state index in [1.807, 2.05) is 0 Å². The lowest BCUT2D eigenvalue weighted by atomic mass is 10.1. The van der Waals surface area contributed by atoms with Gasteiger partial charge in [-0.25, -0.2) is 4.57 Å². The maximum atomic E-state index is 12.4. The lowest BCUT2D eigenvalue weighted by Gasteiger charge is -2.19. The van der Waals surface area contributed by atoms with E-state index in [1.165, 1.54) is 77.0 Å². The van der Waals surface area contributed by atoms with Crippen LogP contribution in [-0.2, 0) is 32.7 Å². The summed E-state index contributed by atoms with van der Waals surface area (Å²) in [6, 6.07) is 0. The minimum atomic E-state index is -4.26. The number of unbranched alkanes of at least 4 members (excludes halogenated alkanes) is 18. The number of rotatable bonds is 32. The van der Waals surface area contributed by atoms with Gasteiger partial charge in [0.2, 0.25) is 0 Å². The molecule has 2 atom stereocenters. The molecule has 0 aromatic heterocycles. The van der Waals surface area contributed by atoms with Crippen molar-refractivity contribution in [1.29, 1.82) is 0 Å². The largest absolute Gasteiger partial charge is 0.472 e. The fourth-order valence-electron chi connectivity index (χ4n) is 4.74. The summed E-state index contributed by atoms with van der Waals surface area (Å²) in [5.41, 5.74) is 0. The zero-order chi connectivity index (χ0) is 31.9. The van der Waals surface area contributed by atoms with Gasteiger partial charge in [-0.1, -0.05) is 122 Å². The number of carbonyl (C=O) groups is 2. The molecule has 1 N–H and O–H groups in total. The number of hydrogen-bond donors (Lipinski definition) is 1. The number of allylic oxidation sites excluding steroid dienone is 2. The van der Waals surface area contributed by atoms with Crippen molar-refractivity contribution in [3.8, 4) is 0 Å². The van der Waals surface area contributed by atoms with Gasteiger partial charge < -0.3 is 14.4 Å². The zero-order valence-corrected chi connectivity index (χ0v) is 28.8. The van der Waals surface area contributed by atoms with Crippen molar-refractivity contribution in [1.82, 2.24) is 0 Å². The third-order valence-electron chi connectivity index (χ3n) is 7.32. The summed E-state index contributed by atoms with van der Waals surface area (Å²) in [5, 5.41) is 0. The lowest BCUT2D eigenvalue weighted by Crippen LogP contribution is -2.29. The van der Waals surface area contributed by atoms with Crippen LogP contribution in [0.25, 0.3) is 0 Å². The van der Waals surface area contributed by atoms with Crippen LogP contribution in [0.4, 0.5) is 0 Å². The highest BCUT2D eigenvalue weighted by atomic mass is 31.2. The highest BCUT2D eigenvalue weighted by molar-refractivity contribution is 7.47. The van der Waals surface area contributed by atoms with Crippen LogP contribution in [0.1, 0.15) is 168 Å². The van der Waals surface area contributed by atoms with E-state index < -0.39 is 26.5 Å². The van der Waals surface area contributed by atoms with Gasteiger partial charge in [-0.3, -0.25) is 18.6 Å². The predicted octanol–water partition coefficient (Wildman–Crippen LogP) is 10.2. The first-order valence-corrected chi connectivity index (χ1v) is 19.0. The third kappa shape index (κ3) is 30.6. The summed E-state index contributed by atoms with van der Waals surface area (Å²) in [6.07, 6.45) is 28.3. The van der Waals surface area contributed by atoms with Crippen molar-refractivity contribution in [3.63, 3.8) is 0 Å². The van der Waals surface area contributed by atoms with Crippen molar-refractivity contribution in [2.24, 2.45) is 0 Å². The normalized spacial score (nSPS) is 13.7. The summed E-state index contributed by atoms with van der Waals surface area (Å²) >= 11 is 0. The van der Waals surface area contributed by atoms with Crippen LogP contribution in [0, 0.1) is 0 Å². The topological polar surface area (TPSA) is 108 Å². The molecule has 0 aliphatic heterocycles. The first-order chi connectivity index (χ1) is 20.8. The fourth-order valence-corrected chi connectivity index (χ4v) is 5.50. The Balaban J connectivity index is 4.21. The molecule has 43 heavy (non-hydrogen) atoms. The van der Waals surface area contributed by atoms with Crippen LogP contribution in [0.15, 0.2) is 12.2 Å². The van der Waals surface area contributed by atoms with Gasteiger partial charge in [0, 0.05) is 12.8 Å². The van der Waals surface area contributed by atoms with Gasteiger partial charge in [0.25, 0.3) is 0 Å². The molecule has 9 heteroatoms. The molecule has 0 rings (SSSR count). The van der Waals surface area contributed by atoms with E-state index >= 15 is 0 Å². The summed E-state index contributed by atoms with van der Waals surface area (Å²) in [5.74, 6) is -0.807. The number of esters is 2. The van der Waals surface area contributed by atoms with E-state index in [0.717, 1.165) is 51.4 Å². The molecule has 0 aliphatic rings. The molecular weight excluding hydrogens is 567 g/mol. The molecule has 0 saturated carbocycles. The monoisotopic (exact) mass is 632 g/mol.